The standard InChI is InChI=1S/C22H21N3O3S/c26-20(25-19-9-3-6-15-5-1-2-8-18(15)19)13-28-21(27)11-17-14-29-22(24-17)16-7-4-10-23-12-16/h1-2,4-5,7-8,10,12,14,19H,3,6,9,11,13H2,(H,25,26)/t19-/m1/s1. The average molecular weight is 407 g/mol. The molecule has 0 bridgehead atoms. The molecule has 1 aliphatic rings. The minimum absolute atomic E-state index is 0.0215. The second-order valence-corrected chi connectivity index (χ2v) is 7.79. The molecular weight excluding hydrogens is 386 g/mol. The third-order valence-corrected chi connectivity index (χ3v) is 5.79. The lowest BCUT2D eigenvalue weighted by atomic mass is 9.88. The molecule has 7 heteroatoms. The normalized spacial score (nSPS) is 15.4. The van der Waals surface area contributed by atoms with Gasteiger partial charge >= 0.3 is 5.97 Å². The van der Waals surface area contributed by atoms with Crippen molar-refractivity contribution in [3.05, 3.63) is 71.0 Å². The van der Waals surface area contributed by atoms with Gasteiger partial charge < -0.3 is 10.1 Å². The summed E-state index contributed by atoms with van der Waals surface area (Å²) in [5, 5.41) is 5.61. The summed E-state index contributed by atoms with van der Waals surface area (Å²) in [4.78, 5) is 32.9. The number of benzene rings is 1. The summed E-state index contributed by atoms with van der Waals surface area (Å²) in [6, 6.07) is 11.9. The van der Waals surface area contributed by atoms with Crippen LogP contribution in [0.1, 0.15) is 35.7 Å². The highest BCUT2D eigenvalue weighted by molar-refractivity contribution is 7.13. The van der Waals surface area contributed by atoms with Gasteiger partial charge in [-0.2, -0.15) is 0 Å². The summed E-state index contributed by atoms with van der Waals surface area (Å²) in [5.74, 6) is -0.749. The molecule has 1 aliphatic carbocycles. The Labute approximate surface area is 173 Å². The van der Waals surface area contributed by atoms with Gasteiger partial charge in [-0.1, -0.05) is 24.3 Å². The van der Waals surface area contributed by atoms with E-state index in [1.54, 1.807) is 12.4 Å². The summed E-state index contributed by atoms with van der Waals surface area (Å²) in [6.45, 7) is -0.281. The van der Waals surface area contributed by atoms with E-state index in [9.17, 15) is 9.59 Å². The predicted octanol–water partition coefficient (Wildman–Crippen LogP) is 3.48. The molecule has 0 aliphatic heterocycles. The first-order chi connectivity index (χ1) is 14.2. The van der Waals surface area contributed by atoms with Crippen LogP contribution in [0, 0.1) is 0 Å². The molecule has 1 atom stereocenters. The number of carbonyl (C=O) groups is 2. The van der Waals surface area contributed by atoms with Crippen molar-refractivity contribution in [2.75, 3.05) is 6.61 Å². The lowest BCUT2D eigenvalue weighted by Gasteiger charge is -2.26. The highest BCUT2D eigenvalue weighted by atomic mass is 32.1. The number of hydrogen-bond donors (Lipinski definition) is 1. The summed E-state index contributed by atoms with van der Waals surface area (Å²) in [5.41, 5.74) is 3.96. The van der Waals surface area contributed by atoms with Gasteiger partial charge in [0.15, 0.2) is 6.61 Å². The Morgan fingerprint density at radius 2 is 2.10 bits per heavy atom. The molecule has 4 rings (SSSR count). The number of ether oxygens (including phenoxy) is 1. The van der Waals surface area contributed by atoms with Crippen LogP contribution in [0.3, 0.4) is 0 Å². The molecular formula is C22H21N3O3S. The van der Waals surface area contributed by atoms with Crippen LogP contribution in [0.4, 0.5) is 0 Å². The Morgan fingerprint density at radius 3 is 2.97 bits per heavy atom. The number of fused-ring (bicyclic) bond motifs is 1. The summed E-state index contributed by atoms with van der Waals surface area (Å²) in [6.07, 6.45) is 6.43. The maximum atomic E-state index is 12.3. The smallest absolute Gasteiger partial charge is 0.312 e. The van der Waals surface area contributed by atoms with Gasteiger partial charge in [-0.3, -0.25) is 14.6 Å². The Morgan fingerprint density at radius 1 is 1.21 bits per heavy atom. The third-order valence-electron chi connectivity index (χ3n) is 4.85. The topological polar surface area (TPSA) is 81.2 Å². The van der Waals surface area contributed by atoms with Crippen LogP contribution < -0.4 is 5.32 Å². The number of aromatic nitrogens is 2. The van der Waals surface area contributed by atoms with Crippen molar-refractivity contribution in [1.29, 1.82) is 0 Å². The number of hydrogen-bond acceptors (Lipinski definition) is 6. The predicted molar refractivity (Wildman–Crippen MR) is 110 cm³/mol. The second kappa shape index (κ2) is 8.96. The quantitative estimate of drug-likeness (QED) is 0.633. The maximum absolute atomic E-state index is 12.3. The van der Waals surface area contributed by atoms with Crippen molar-refractivity contribution >= 4 is 23.2 Å². The van der Waals surface area contributed by atoms with Crippen LogP contribution in [0.25, 0.3) is 10.6 Å². The molecule has 0 saturated heterocycles. The van der Waals surface area contributed by atoms with Crippen LogP contribution in [-0.4, -0.2) is 28.5 Å². The fourth-order valence-corrected chi connectivity index (χ4v) is 4.31. The number of aryl methyl sites for hydroxylation is 1. The van der Waals surface area contributed by atoms with E-state index in [4.69, 9.17) is 4.74 Å². The fraction of sp³-hybridized carbons (Fsp3) is 0.273. The fourth-order valence-electron chi connectivity index (χ4n) is 3.49. The first kappa shape index (κ1) is 19.3. The van der Waals surface area contributed by atoms with Gasteiger partial charge in [0.1, 0.15) is 5.01 Å². The molecule has 29 heavy (non-hydrogen) atoms. The van der Waals surface area contributed by atoms with E-state index < -0.39 is 5.97 Å². The van der Waals surface area contributed by atoms with Crippen molar-refractivity contribution < 1.29 is 14.3 Å². The molecule has 6 nitrogen and oxygen atoms in total. The van der Waals surface area contributed by atoms with Gasteiger partial charge in [-0.25, -0.2) is 4.98 Å². The first-order valence-electron chi connectivity index (χ1n) is 9.56. The van der Waals surface area contributed by atoms with Gasteiger partial charge in [-0.05, 0) is 42.5 Å². The number of nitrogens with one attached hydrogen (secondary N) is 1. The number of amides is 1. The van der Waals surface area contributed by atoms with Crippen LogP contribution in [0.5, 0.6) is 0 Å². The molecule has 2 aromatic heterocycles. The minimum atomic E-state index is -0.466. The lowest BCUT2D eigenvalue weighted by Crippen LogP contribution is -2.34. The van der Waals surface area contributed by atoms with E-state index in [2.05, 4.69) is 21.4 Å². The molecule has 2 heterocycles. The highest BCUT2D eigenvalue weighted by Gasteiger charge is 2.22. The van der Waals surface area contributed by atoms with Gasteiger partial charge in [-0.15, -0.1) is 11.3 Å². The summed E-state index contributed by atoms with van der Waals surface area (Å²) >= 11 is 1.45. The maximum Gasteiger partial charge on any atom is 0.312 e. The van der Waals surface area contributed by atoms with E-state index in [0.717, 1.165) is 35.4 Å². The highest BCUT2D eigenvalue weighted by Crippen LogP contribution is 2.29. The van der Waals surface area contributed by atoms with Crippen molar-refractivity contribution in [1.82, 2.24) is 15.3 Å². The number of thiazole rings is 1. The second-order valence-electron chi connectivity index (χ2n) is 6.93. The lowest BCUT2D eigenvalue weighted by molar-refractivity contribution is -0.148. The van der Waals surface area contributed by atoms with Crippen LogP contribution in [0.2, 0.25) is 0 Å². The van der Waals surface area contributed by atoms with E-state index in [1.165, 1.54) is 16.9 Å². The van der Waals surface area contributed by atoms with Crippen molar-refractivity contribution in [2.24, 2.45) is 0 Å². The molecule has 1 N–H and O–H groups in total. The van der Waals surface area contributed by atoms with Crippen molar-refractivity contribution in [3.63, 3.8) is 0 Å². The molecule has 3 aromatic rings. The van der Waals surface area contributed by atoms with Crippen molar-refractivity contribution in [2.45, 2.75) is 31.7 Å². The molecule has 0 unspecified atom stereocenters. The van der Waals surface area contributed by atoms with Gasteiger partial charge in [0.2, 0.25) is 0 Å². The number of pyridine rings is 1. The zero-order chi connectivity index (χ0) is 20.1. The zero-order valence-corrected chi connectivity index (χ0v) is 16.7. The van der Waals surface area contributed by atoms with E-state index in [1.807, 2.05) is 35.7 Å². The number of rotatable bonds is 6. The molecule has 0 saturated carbocycles. The molecule has 0 radical (unpaired) electrons. The van der Waals surface area contributed by atoms with Gasteiger partial charge in [0.25, 0.3) is 5.91 Å². The number of esters is 1. The molecule has 1 amide bonds. The Kier molecular flexibility index (Phi) is 5.95. The monoisotopic (exact) mass is 407 g/mol. The number of carbonyl (C=O) groups excluding carboxylic acids is 2. The van der Waals surface area contributed by atoms with E-state index >= 15 is 0 Å². The Hall–Kier alpha value is -3.06. The Bertz CT molecular complexity index is 1000. The van der Waals surface area contributed by atoms with E-state index in [-0.39, 0.29) is 25.0 Å². The SMILES string of the molecule is O=C(COC(=O)Cc1csc(-c2cccnc2)n1)N[C@@H]1CCCc2ccccc21. The molecule has 0 spiro atoms. The Balaban J connectivity index is 1.27. The zero-order valence-electron chi connectivity index (χ0n) is 15.8. The van der Waals surface area contributed by atoms with Crippen LogP contribution in [0.15, 0.2) is 54.2 Å². The summed E-state index contributed by atoms with van der Waals surface area (Å²) in [7, 11) is 0. The first-order valence-corrected chi connectivity index (χ1v) is 10.4. The average Bonchev–Trinajstić information content (AvgIpc) is 3.22. The molecule has 0 fully saturated rings. The van der Waals surface area contributed by atoms with Crippen LogP contribution in [-0.2, 0) is 27.2 Å². The van der Waals surface area contributed by atoms with E-state index in [0.29, 0.717) is 5.69 Å². The van der Waals surface area contributed by atoms with Crippen LogP contribution >= 0.6 is 11.3 Å². The molecule has 148 valence electrons. The third kappa shape index (κ3) is 4.86. The molecule has 1 aromatic carbocycles. The van der Waals surface area contributed by atoms with Gasteiger partial charge in [0, 0.05) is 23.3 Å². The minimum Gasteiger partial charge on any atom is -0.455 e. The largest absolute Gasteiger partial charge is 0.455 e. The number of nitrogens with zero attached hydrogens (tertiary/aromatic N) is 2. The van der Waals surface area contributed by atoms with Crippen molar-refractivity contribution in [3.8, 4) is 10.6 Å². The summed E-state index contributed by atoms with van der Waals surface area (Å²) < 4.78 is 5.15. The van der Waals surface area contributed by atoms with Gasteiger partial charge in [0.05, 0.1) is 18.2 Å².